The topological polar surface area (TPSA) is 72.9 Å². The molecule has 308 valence electrons. The molecule has 0 saturated carbocycles. The van der Waals surface area contributed by atoms with Gasteiger partial charge in [0.25, 0.3) is 0 Å². The highest BCUT2D eigenvalue weighted by Gasteiger charge is 2.43. The Hall–Kier alpha value is -4.34. The van der Waals surface area contributed by atoms with Crippen molar-refractivity contribution in [1.82, 2.24) is 4.31 Å². The molecule has 0 amide bonds. The molecule has 8 heteroatoms. The van der Waals surface area contributed by atoms with Crippen molar-refractivity contribution in [3.63, 3.8) is 0 Å². The number of esters is 1. The monoisotopic (exact) mass is 817 g/mol. The highest BCUT2D eigenvalue weighted by atomic mass is 32.2. The second-order valence-electron chi connectivity index (χ2n) is 17.5. The summed E-state index contributed by atoms with van der Waals surface area (Å²) in [6.07, 6.45) is 2.41. The summed E-state index contributed by atoms with van der Waals surface area (Å²) in [4.78, 5) is 15.0. The molecule has 0 fully saturated rings. The van der Waals surface area contributed by atoms with E-state index in [2.05, 4.69) is 89.3 Å². The van der Waals surface area contributed by atoms with Gasteiger partial charge in [-0.3, -0.25) is 4.79 Å². The van der Waals surface area contributed by atoms with Gasteiger partial charge in [0.1, 0.15) is 6.10 Å². The Morgan fingerprint density at radius 1 is 0.776 bits per heavy atom. The van der Waals surface area contributed by atoms with E-state index >= 15 is 0 Å². The van der Waals surface area contributed by atoms with Gasteiger partial charge >= 0.3 is 5.97 Å². The molecule has 0 saturated heterocycles. The van der Waals surface area contributed by atoms with E-state index in [1.54, 1.807) is 0 Å². The minimum atomic E-state index is -4.09. The first-order chi connectivity index (χ1) is 27.3. The maximum Gasteiger partial charge on any atom is 0.312 e. The van der Waals surface area contributed by atoms with Crippen LogP contribution in [0.4, 0.5) is 0 Å². The lowest BCUT2D eigenvalue weighted by Gasteiger charge is -2.41. The molecule has 0 bridgehead atoms. The van der Waals surface area contributed by atoms with Gasteiger partial charge in [-0.1, -0.05) is 148 Å². The minimum absolute atomic E-state index is 0.0973. The average Bonchev–Trinajstić information content (AvgIpc) is 3.17. The number of hydrogen-bond donors (Lipinski definition) is 0. The van der Waals surface area contributed by atoms with Gasteiger partial charge in [0.2, 0.25) is 10.0 Å². The van der Waals surface area contributed by atoms with Crippen LogP contribution in [0, 0.1) is 26.7 Å². The van der Waals surface area contributed by atoms with Gasteiger partial charge in [0.05, 0.1) is 23.0 Å². The molecule has 5 aromatic carbocycles. The van der Waals surface area contributed by atoms with E-state index in [1.165, 1.54) is 20.6 Å². The van der Waals surface area contributed by atoms with Crippen LogP contribution in [0.3, 0.4) is 0 Å². The Bertz CT molecular complexity index is 2290. The van der Waals surface area contributed by atoms with Gasteiger partial charge in [-0.05, 0) is 117 Å². The van der Waals surface area contributed by atoms with Crippen LogP contribution in [0.25, 0.3) is 10.8 Å². The molecule has 0 heterocycles. The van der Waals surface area contributed by atoms with Crippen LogP contribution in [-0.4, -0.2) is 39.2 Å². The van der Waals surface area contributed by atoms with Crippen LogP contribution >= 0.6 is 0 Å². The van der Waals surface area contributed by atoms with Gasteiger partial charge in [0, 0.05) is 6.54 Å². The number of benzene rings is 5. The number of sulfonamides is 1. The lowest BCUT2D eigenvalue weighted by Crippen LogP contribution is -2.48. The number of hydrogen-bond acceptors (Lipinski definition) is 5. The Morgan fingerprint density at radius 3 is 1.95 bits per heavy atom. The zero-order chi connectivity index (χ0) is 42.4. The molecule has 0 aliphatic rings. The largest absolute Gasteiger partial charge is 0.455 e. The summed E-state index contributed by atoms with van der Waals surface area (Å²) >= 11 is 0. The van der Waals surface area contributed by atoms with Crippen LogP contribution in [-0.2, 0) is 36.9 Å². The number of carbonyl (C=O) groups excluding carboxylic acids is 1. The summed E-state index contributed by atoms with van der Waals surface area (Å²) in [5.74, 6) is -1.11. The second-order valence-corrected chi connectivity index (χ2v) is 24.1. The fourth-order valence-corrected chi connectivity index (χ4v) is 11.0. The molecule has 0 unspecified atom stereocenters. The number of allylic oxidation sites excluding steroid dienone is 1. The van der Waals surface area contributed by atoms with E-state index in [4.69, 9.17) is 9.16 Å². The Balaban J connectivity index is 1.50. The van der Waals surface area contributed by atoms with E-state index in [1.807, 2.05) is 107 Å². The van der Waals surface area contributed by atoms with Crippen molar-refractivity contribution in [3.8, 4) is 0 Å². The van der Waals surface area contributed by atoms with E-state index in [-0.39, 0.29) is 16.5 Å². The highest BCUT2D eigenvalue weighted by Crippen LogP contribution is 2.40. The normalized spacial score (nSPS) is 14.9. The molecule has 0 radical (unpaired) electrons. The van der Waals surface area contributed by atoms with Crippen molar-refractivity contribution in [2.24, 2.45) is 5.92 Å². The minimum Gasteiger partial charge on any atom is -0.455 e. The highest BCUT2D eigenvalue weighted by molar-refractivity contribution is 7.89. The van der Waals surface area contributed by atoms with Gasteiger partial charge in [-0.25, -0.2) is 8.42 Å². The Labute approximate surface area is 349 Å². The third kappa shape index (κ3) is 10.6. The predicted octanol–water partition coefficient (Wildman–Crippen LogP) is 12.2. The molecule has 6 nitrogen and oxygen atoms in total. The second kappa shape index (κ2) is 18.7. The number of aryl methyl sites for hydroxylation is 4. The fourth-order valence-electron chi connectivity index (χ4n) is 7.56. The molecule has 0 aliphatic carbocycles. The lowest BCUT2D eigenvalue weighted by molar-refractivity contribution is -0.159. The quantitative estimate of drug-likeness (QED) is 0.0563. The number of ether oxygens (including phenoxy) is 1. The van der Waals surface area contributed by atoms with Crippen molar-refractivity contribution in [2.45, 2.75) is 123 Å². The molecule has 5 aromatic rings. The standard InChI is InChI=1S/C50H63NO5SSi/c1-35-31-37(3)48(38(4)32-35)57(53,54)51(34-42-22-14-12-15-23-42)40(6)47(44-26-16-13-17-27-44)55-49(52)39(5)46(56-58(10,11)50(7,8)9)36(2)21-20-24-41-29-30-43-25-18-19-28-45(43)33-41/h12-19,21-23,25-33,39-40,46-47H,20,24,34H2,1-11H3/b36-21+/t39-,40+,46-,47+/m0/s1. The van der Waals surface area contributed by atoms with Crippen LogP contribution < -0.4 is 0 Å². The lowest BCUT2D eigenvalue weighted by atomic mass is 9.96. The van der Waals surface area contributed by atoms with Crippen molar-refractivity contribution in [2.75, 3.05) is 0 Å². The Morgan fingerprint density at radius 2 is 1.34 bits per heavy atom. The van der Waals surface area contributed by atoms with Gasteiger partial charge in [0.15, 0.2) is 8.32 Å². The number of carbonyl (C=O) groups is 1. The number of rotatable bonds is 16. The Kier molecular flexibility index (Phi) is 14.4. The van der Waals surface area contributed by atoms with Crippen LogP contribution in [0.1, 0.15) is 87.4 Å². The molecular weight excluding hydrogens is 755 g/mol. The maximum atomic E-state index is 15.0. The van der Waals surface area contributed by atoms with Gasteiger partial charge < -0.3 is 9.16 Å². The first kappa shape index (κ1) is 44.8. The van der Waals surface area contributed by atoms with Crippen molar-refractivity contribution < 1.29 is 22.4 Å². The summed E-state index contributed by atoms with van der Waals surface area (Å²) in [7, 11) is -6.46. The summed E-state index contributed by atoms with van der Waals surface area (Å²) < 4.78 is 45.1. The summed E-state index contributed by atoms with van der Waals surface area (Å²) in [6.45, 7) is 22.5. The van der Waals surface area contributed by atoms with Crippen molar-refractivity contribution in [3.05, 3.63) is 160 Å². The van der Waals surface area contributed by atoms with Crippen molar-refractivity contribution >= 4 is 35.1 Å². The maximum absolute atomic E-state index is 15.0. The summed E-state index contributed by atoms with van der Waals surface area (Å²) in [5, 5.41) is 2.34. The van der Waals surface area contributed by atoms with E-state index in [9.17, 15) is 13.2 Å². The zero-order valence-corrected chi connectivity index (χ0v) is 38.2. The first-order valence-corrected chi connectivity index (χ1v) is 24.9. The molecule has 0 aromatic heterocycles. The molecule has 0 aliphatic heterocycles. The van der Waals surface area contributed by atoms with Crippen LogP contribution in [0.5, 0.6) is 0 Å². The van der Waals surface area contributed by atoms with E-state index < -0.39 is 48.5 Å². The molecule has 5 rings (SSSR count). The van der Waals surface area contributed by atoms with Gasteiger partial charge in [-0.15, -0.1) is 0 Å². The van der Waals surface area contributed by atoms with E-state index in [0.29, 0.717) is 16.7 Å². The molecule has 4 atom stereocenters. The zero-order valence-electron chi connectivity index (χ0n) is 36.4. The number of nitrogens with zero attached hydrogens (tertiary/aromatic N) is 1. The van der Waals surface area contributed by atoms with Crippen LogP contribution in [0.2, 0.25) is 18.1 Å². The summed E-state index contributed by atoms with van der Waals surface area (Å²) in [5.41, 5.74) is 6.14. The molecule has 0 N–H and O–H groups in total. The molecular formula is C50H63NO5SSi. The van der Waals surface area contributed by atoms with E-state index in [0.717, 1.165) is 29.5 Å². The first-order valence-electron chi connectivity index (χ1n) is 20.5. The molecule has 0 spiro atoms. The van der Waals surface area contributed by atoms with Crippen LogP contribution in [0.15, 0.2) is 132 Å². The summed E-state index contributed by atoms with van der Waals surface area (Å²) in [6, 6.07) is 37.1. The predicted molar refractivity (Wildman–Crippen MR) is 242 cm³/mol. The SMILES string of the molecule is C/C(=C\CCc1ccc2ccccc2c1)[C@H](O[Si](C)(C)C(C)(C)C)[C@H](C)C(=O)O[C@@H](c1ccccc1)[C@@H](C)N(Cc1ccccc1)S(=O)(=O)c1c(C)cc(C)cc1C. The third-order valence-electron chi connectivity index (χ3n) is 11.8. The van der Waals surface area contributed by atoms with Gasteiger partial charge in [-0.2, -0.15) is 4.31 Å². The number of fused-ring (bicyclic) bond motifs is 1. The van der Waals surface area contributed by atoms with Crippen molar-refractivity contribution in [1.29, 1.82) is 0 Å². The fraction of sp³-hybridized carbons (Fsp3) is 0.380. The third-order valence-corrected chi connectivity index (χ3v) is 18.5. The molecule has 58 heavy (non-hydrogen) atoms. The smallest absolute Gasteiger partial charge is 0.312 e. The average molecular weight is 818 g/mol.